The van der Waals surface area contributed by atoms with Crippen LogP contribution in [0.5, 0.6) is 0 Å². The largest absolute Gasteiger partial charge is 0.352 e. The van der Waals surface area contributed by atoms with Gasteiger partial charge in [0, 0.05) is 6.04 Å². The average Bonchev–Trinajstić information content (AvgIpc) is 2.38. The lowest BCUT2D eigenvalue weighted by Gasteiger charge is -2.35. The first-order valence-corrected chi connectivity index (χ1v) is 7.78. The summed E-state index contributed by atoms with van der Waals surface area (Å²) in [6, 6.07) is 2.59. The fraction of sp³-hybridized carbons (Fsp3) is 0.875. The Bertz CT molecular complexity index is 355. The van der Waals surface area contributed by atoms with Crippen molar-refractivity contribution in [2.75, 3.05) is 0 Å². The number of rotatable bonds is 2. The summed E-state index contributed by atoms with van der Waals surface area (Å²) < 4.78 is 0. The van der Waals surface area contributed by atoms with Crippen molar-refractivity contribution < 1.29 is 4.79 Å². The van der Waals surface area contributed by atoms with Crippen molar-refractivity contribution in [1.82, 2.24) is 5.32 Å². The van der Waals surface area contributed by atoms with E-state index in [1.54, 1.807) is 0 Å². The lowest BCUT2D eigenvalue weighted by atomic mass is 9.73. The number of nitriles is 1. The zero-order chi connectivity index (χ0) is 13.9. The molecule has 3 nitrogen and oxygen atoms in total. The van der Waals surface area contributed by atoms with E-state index in [9.17, 15) is 10.1 Å². The van der Waals surface area contributed by atoms with Crippen LogP contribution >= 0.6 is 0 Å². The van der Waals surface area contributed by atoms with Crippen LogP contribution in [0.2, 0.25) is 0 Å². The van der Waals surface area contributed by atoms with Gasteiger partial charge in [-0.2, -0.15) is 5.26 Å². The maximum Gasteiger partial charge on any atom is 0.240 e. The molecule has 0 bridgehead atoms. The van der Waals surface area contributed by atoms with E-state index in [1.807, 2.05) is 0 Å². The molecule has 2 rings (SSSR count). The van der Waals surface area contributed by atoms with E-state index in [2.05, 4.69) is 25.2 Å². The molecule has 0 aliphatic heterocycles. The van der Waals surface area contributed by atoms with E-state index in [4.69, 9.17) is 0 Å². The molecule has 106 valence electrons. The number of hydrogen-bond acceptors (Lipinski definition) is 2. The topological polar surface area (TPSA) is 52.9 Å². The first-order valence-electron chi connectivity index (χ1n) is 7.78. The fourth-order valence-corrected chi connectivity index (χ4v) is 3.93. The predicted octanol–water partition coefficient (Wildman–Crippen LogP) is 3.40. The molecule has 2 atom stereocenters. The molecule has 0 aromatic heterocycles. The smallest absolute Gasteiger partial charge is 0.240 e. The van der Waals surface area contributed by atoms with Crippen molar-refractivity contribution in [3.8, 4) is 6.07 Å². The van der Waals surface area contributed by atoms with Gasteiger partial charge >= 0.3 is 0 Å². The van der Waals surface area contributed by atoms with Gasteiger partial charge in [0.05, 0.1) is 6.07 Å². The molecule has 0 spiro atoms. The second kappa shape index (κ2) is 5.94. The highest BCUT2D eigenvalue weighted by molar-refractivity contribution is 5.85. The third-order valence-corrected chi connectivity index (χ3v) is 4.87. The average molecular weight is 262 g/mol. The van der Waals surface area contributed by atoms with E-state index < -0.39 is 5.41 Å². The van der Waals surface area contributed by atoms with Gasteiger partial charge in [-0.1, -0.05) is 33.1 Å². The highest BCUT2D eigenvalue weighted by atomic mass is 16.2. The molecule has 2 unspecified atom stereocenters. The molecular formula is C16H26N2O. The van der Waals surface area contributed by atoms with Crippen molar-refractivity contribution in [1.29, 1.82) is 5.26 Å². The molecule has 0 radical (unpaired) electrons. The molecule has 0 aromatic rings. The van der Waals surface area contributed by atoms with Crippen molar-refractivity contribution in [2.45, 2.75) is 71.3 Å². The Balaban J connectivity index is 1.97. The third-order valence-electron chi connectivity index (χ3n) is 4.87. The minimum atomic E-state index is -0.734. The molecule has 2 saturated carbocycles. The second-order valence-corrected chi connectivity index (χ2v) is 6.84. The molecule has 1 amide bonds. The molecule has 2 fully saturated rings. The summed E-state index contributed by atoms with van der Waals surface area (Å²) in [5, 5.41) is 12.6. The Labute approximate surface area is 116 Å². The Morgan fingerprint density at radius 3 is 2.21 bits per heavy atom. The van der Waals surface area contributed by atoms with Crippen molar-refractivity contribution in [2.24, 2.45) is 17.3 Å². The second-order valence-electron chi connectivity index (χ2n) is 6.84. The number of nitrogens with zero attached hydrogens (tertiary/aromatic N) is 1. The van der Waals surface area contributed by atoms with Gasteiger partial charge in [0.2, 0.25) is 5.91 Å². The Morgan fingerprint density at radius 1 is 1.11 bits per heavy atom. The van der Waals surface area contributed by atoms with Crippen LogP contribution < -0.4 is 5.32 Å². The highest BCUT2D eigenvalue weighted by Gasteiger charge is 2.41. The van der Waals surface area contributed by atoms with Crippen molar-refractivity contribution in [3.05, 3.63) is 0 Å². The van der Waals surface area contributed by atoms with Crippen molar-refractivity contribution in [3.63, 3.8) is 0 Å². The Kier molecular flexibility index (Phi) is 4.50. The molecule has 0 aromatic carbocycles. The molecule has 2 aliphatic rings. The monoisotopic (exact) mass is 262 g/mol. The van der Waals surface area contributed by atoms with E-state index in [1.165, 1.54) is 6.42 Å². The van der Waals surface area contributed by atoms with Crippen molar-refractivity contribution >= 4 is 5.91 Å². The van der Waals surface area contributed by atoms with Crippen LogP contribution in [0.1, 0.15) is 65.2 Å². The van der Waals surface area contributed by atoms with E-state index in [0.29, 0.717) is 11.8 Å². The van der Waals surface area contributed by atoms with Crippen LogP contribution in [0.3, 0.4) is 0 Å². The van der Waals surface area contributed by atoms with Gasteiger partial charge in [-0.05, 0) is 43.9 Å². The summed E-state index contributed by atoms with van der Waals surface area (Å²) in [6.45, 7) is 4.52. The van der Waals surface area contributed by atoms with Crippen LogP contribution in [-0.2, 0) is 4.79 Å². The minimum absolute atomic E-state index is 0.000926. The quantitative estimate of drug-likeness (QED) is 0.829. The van der Waals surface area contributed by atoms with Crippen LogP contribution in [0.15, 0.2) is 0 Å². The predicted molar refractivity (Wildman–Crippen MR) is 75.2 cm³/mol. The summed E-state index contributed by atoms with van der Waals surface area (Å²) in [5.74, 6) is 1.36. The van der Waals surface area contributed by atoms with Gasteiger partial charge in [-0.15, -0.1) is 0 Å². The van der Waals surface area contributed by atoms with Gasteiger partial charge in [0.25, 0.3) is 0 Å². The Hall–Kier alpha value is -1.04. The first kappa shape index (κ1) is 14.4. The Morgan fingerprint density at radius 2 is 1.68 bits per heavy atom. The van der Waals surface area contributed by atoms with Gasteiger partial charge in [0.1, 0.15) is 5.41 Å². The zero-order valence-corrected chi connectivity index (χ0v) is 12.2. The van der Waals surface area contributed by atoms with Gasteiger partial charge in [0.15, 0.2) is 0 Å². The molecular weight excluding hydrogens is 236 g/mol. The number of carbonyl (C=O) groups excluding carboxylic acids is 1. The number of nitrogens with one attached hydrogen (secondary N) is 1. The van der Waals surface area contributed by atoms with E-state index in [-0.39, 0.29) is 11.9 Å². The summed E-state index contributed by atoms with van der Waals surface area (Å²) in [6.07, 6.45) is 8.07. The maximum absolute atomic E-state index is 12.5. The van der Waals surface area contributed by atoms with E-state index in [0.717, 1.165) is 44.9 Å². The molecule has 1 N–H and O–H groups in total. The van der Waals surface area contributed by atoms with Gasteiger partial charge < -0.3 is 5.32 Å². The third kappa shape index (κ3) is 3.29. The fourth-order valence-electron chi connectivity index (χ4n) is 3.93. The molecule has 3 heteroatoms. The SMILES string of the molecule is CC1CC(C)CC(NC(=O)C2(C#N)CCCCC2)C1. The lowest BCUT2D eigenvalue weighted by molar-refractivity contribution is -0.130. The summed E-state index contributed by atoms with van der Waals surface area (Å²) in [4.78, 5) is 12.5. The van der Waals surface area contributed by atoms with Crippen LogP contribution in [-0.4, -0.2) is 11.9 Å². The van der Waals surface area contributed by atoms with Crippen LogP contribution in [0.4, 0.5) is 0 Å². The molecule has 2 aliphatic carbocycles. The number of carbonyl (C=O) groups is 1. The highest BCUT2D eigenvalue weighted by Crippen LogP contribution is 2.37. The summed E-state index contributed by atoms with van der Waals surface area (Å²) in [7, 11) is 0. The number of amides is 1. The zero-order valence-electron chi connectivity index (χ0n) is 12.2. The van der Waals surface area contributed by atoms with Crippen LogP contribution in [0, 0.1) is 28.6 Å². The minimum Gasteiger partial charge on any atom is -0.352 e. The normalized spacial score (nSPS) is 34.3. The molecule has 19 heavy (non-hydrogen) atoms. The lowest BCUT2D eigenvalue weighted by Crippen LogP contribution is -2.48. The standard InChI is InChI=1S/C16H26N2O/c1-12-8-13(2)10-14(9-12)18-15(19)16(11-17)6-4-3-5-7-16/h12-14H,3-10H2,1-2H3,(H,18,19). The summed E-state index contributed by atoms with van der Waals surface area (Å²) >= 11 is 0. The molecule has 0 saturated heterocycles. The first-order chi connectivity index (χ1) is 9.05. The molecule has 0 heterocycles. The van der Waals surface area contributed by atoms with E-state index >= 15 is 0 Å². The van der Waals surface area contributed by atoms with Gasteiger partial charge in [-0.25, -0.2) is 0 Å². The maximum atomic E-state index is 12.5. The summed E-state index contributed by atoms with van der Waals surface area (Å²) in [5.41, 5.74) is -0.734. The van der Waals surface area contributed by atoms with Crippen LogP contribution in [0.25, 0.3) is 0 Å². The van der Waals surface area contributed by atoms with Gasteiger partial charge in [-0.3, -0.25) is 4.79 Å². The number of hydrogen-bond donors (Lipinski definition) is 1.